The predicted molar refractivity (Wildman–Crippen MR) is 105 cm³/mol. The number of carbonyl (C=O) groups excluding carboxylic acids is 1. The van der Waals surface area contributed by atoms with Crippen LogP contribution in [0.25, 0.3) is 0 Å². The molecular formula is C20H31BN2O3. The van der Waals surface area contributed by atoms with E-state index in [4.69, 9.17) is 9.31 Å². The van der Waals surface area contributed by atoms with Gasteiger partial charge in [0.15, 0.2) is 0 Å². The van der Waals surface area contributed by atoms with Crippen molar-refractivity contribution in [3.05, 3.63) is 29.8 Å². The molecule has 1 aromatic rings. The van der Waals surface area contributed by atoms with Gasteiger partial charge in [-0.05, 0) is 53.1 Å². The van der Waals surface area contributed by atoms with Crippen LogP contribution in [0.5, 0.6) is 0 Å². The Balaban J connectivity index is 1.79. The molecule has 142 valence electrons. The fourth-order valence-corrected chi connectivity index (χ4v) is 3.48. The van der Waals surface area contributed by atoms with Crippen LogP contribution in [0.3, 0.4) is 0 Å². The van der Waals surface area contributed by atoms with Crippen LogP contribution in [-0.2, 0) is 9.31 Å². The summed E-state index contributed by atoms with van der Waals surface area (Å²) in [6.45, 7) is 15.9. The van der Waals surface area contributed by atoms with Gasteiger partial charge in [0.25, 0.3) is 5.91 Å². The minimum absolute atomic E-state index is 0.0683. The van der Waals surface area contributed by atoms with Crippen LogP contribution in [0.2, 0.25) is 0 Å². The number of hydrogen-bond acceptors (Lipinski definition) is 4. The number of hydrogen-bond donors (Lipinski definition) is 0. The maximum atomic E-state index is 13.2. The minimum atomic E-state index is -0.517. The lowest BCUT2D eigenvalue weighted by atomic mass is 9.75. The maximum absolute atomic E-state index is 13.2. The summed E-state index contributed by atoms with van der Waals surface area (Å²) in [5, 5.41) is 0. The summed E-state index contributed by atoms with van der Waals surface area (Å²) in [6.07, 6.45) is 0. The lowest BCUT2D eigenvalue weighted by Crippen LogP contribution is -2.52. The first kappa shape index (κ1) is 19.4. The highest BCUT2D eigenvalue weighted by atomic mass is 16.7. The van der Waals surface area contributed by atoms with Crippen molar-refractivity contribution in [2.75, 3.05) is 26.2 Å². The van der Waals surface area contributed by atoms with Gasteiger partial charge in [-0.2, -0.15) is 0 Å². The first-order valence-electron chi connectivity index (χ1n) is 9.60. The van der Waals surface area contributed by atoms with Gasteiger partial charge in [0.2, 0.25) is 0 Å². The number of benzene rings is 1. The van der Waals surface area contributed by atoms with Crippen molar-refractivity contribution in [1.82, 2.24) is 9.80 Å². The van der Waals surface area contributed by atoms with Gasteiger partial charge in [-0.15, -0.1) is 0 Å². The Morgan fingerprint density at radius 3 is 2.08 bits per heavy atom. The first-order valence-corrected chi connectivity index (χ1v) is 9.60. The second kappa shape index (κ2) is 6.99. The molecule has 0 spiro atoms. The van der Waals surface area contributed by atoms with Crippen molar-refractivity contribution in [3.8, 4) is 0 Å². The summed E-state index contributed by atoms with van der Waals surface area (Å²) in [4.78, 5) is 17.5. The van der Waals surface area contributed by atoms with E-state index >= 15 is 0 Å². The third-order valence-electron chi connectivity index (χ3n) is 6.03. The molecule has 0 N–H and O–H groups in total. The number of nitrogens with zero attached hydrogens (tertiary/aromatic N) is 2. The third-order valence-corrected chi connectivity index (χ3v) is 6.03. The fourth-order valence-electron chi connectivity index (χ4n) is 3.48. The fraction of sp³-hybridized carbons (Fsp3) is 0.650. The molecule has 2 saturated heterocycles. The molecule has 6 heteroatoms. The van der Waals surface area contributed by atoms with Gasteiger partial charge < -0.3 is 14.2 Å². The first-order chi connectivity index (χ1) is 12.1. The monoisotopic (exact) mass is 358 g/mol. The van der Waals surface area contributed by atoms with Gasteiger partial charge in [0.1, 0.15) is 0 Å². The Morgan fingerprint density at radius 1 is 1.00 bits per heavy atom. The molecule has 0 radical (unpaired) electrons. The zero-order valence-electron chi connectivity index (χ0n) is 16.9. The van der Waals surface area contributed by atoms with E-state index in [0.717, 1.165) is 31.6 Å². The second-order valence-electron chi connectivity index (χ2n) is 8.60. The van der Waals surface area contributed by atoms with Crippen LogP contribution in [0, 0.1) is 0 Å². The number of carbonyl (C=O) groups is 1. The summed E-state index contributed by atoms with van der Waals surface area (Å²) in [5.41, 5.74) is 0.666. The van der Waals surface area contributed by atoms with Crippen LogP contribution in [-0.4, -0.2) is 66.2 Å². The summed E-state index contributed by atoms with van der Waals surface area (Å²) in [5.74, 6) is 0.0683. The Bertz CT molecular complexity index is 651. The smallest absolute Gasteiger partial charge is 0.399 e. The van der Waals surface area contributed by atoms with E-state index in [0.29, 0.717) is 11.6 Å². The molecule has 0 aliphatic carbocycles. The summed E-state index contributed by atoms with van der Waals surface area (Å²) in [7, 11) is -0.517. The van der Waals surface area contributed by atoms with Crippen LogP contribution in [0.1, 0.15) is 51.9 Å². The summed E-state index contributed by atoms with van der Waals surface area (Å²) < 4.78 is 12.4. The van der Waals surface area contributed by atoms with Crippen molar-refractivity contribution in [1.29, 1.82) is 0 Å². The van der Waals surface area contributed by atoms with Gasteiger partial charge in [-0.3, -0.25) is 9.69 Å². The predicted octanol–water partition coefficient (Wildman–Crippen LogP) is 2.15. The lowest BCUT2D eigenvalue weighted by Gasteiger charge is -2.37. The SMILES string of the molecule is CC(C)N1CCN(C(=O)c2ccccc2B2OC(C)(C)C(C)(C)O2)CC1. The van der Waals surface area contributed by atoms with E-state index in [1.165, 1.54) is 0 Å². The van der Waals surface area contributed by atoms with Gasteiger partial charge in [0, 0.05) is 37.8 Å². The molecule has 0 unspecified atom stereocenters. The molecule has 2 aliphatic heterocycles. The Labute approximate surface area is 157 Å². The molecule has 0 saturated carbocycles. The van der Waals surface area contributed by atoms with Crippen LogP contribution in [0.15, 0.2) is 24.3 Å². The van der Waals surface area contributed by atoms with E-state index in [2.05, 4.69) is 18.7 Å². The molecule has 2 heterocycles. The quantitative estimate of drug-likeness (QED) is 0.777. The van der Waals surface area contributed by atoms with Crippen LogP contribution in [0.4, 0.5) is 0 Å². The third kappa shape index (κ3) is 3.55. The number of piperazine rings is 1. The maximum Gasteiger partial charge on any atom is 0.495 e. The highest BCUT2D eigenvalue weighted by molar-refractivity contribution is 6.63. The molecular weight excluding hydrogens is 327 g/mol. The molecule has 0 aromatic heterocycles. The van der Waals surface area contributed by atoms with Crippen molar-refractivity contribution >= 4 is 18.5 Å². The number of amides is 1. The molecule has 3 rings (SSSR count). The van der Waals surface area contributed by atoms with Crippen molar-refractivity contribution in [2.45, 2.75) is 58.8 Å². The average molecular weight is 358 g/mol. The molecule has 2 aliphatic rings. The summed E-state index contributed by atoms with van der Waals surface area (Å²) in [6, 6.07) is 8.20. The van der Waals surface area contributed by atoms with Gasteiger partial charge in [-0.1, -0.05) is 18.2 Å². The van der Waals surface area contributed by atoms with E-state index in [9.17, 15) is 4.79 Å². The normalized spacial score (nSPS) is 22.9. The van der Waals surface area contributed by atoms with Gasteiger partial charge in [0.05, 0.1) is 11.2 Å². The highest BCUT2D eigenvalue weighted by Crippen LogP contribution is 2.36. The van der Waals surface area contributed by atoms with Crippen LogP contribution >= 0.6 is 0 Å². The van der Waals surface area contributed by atoms with E-state index in [1.807, 2.05) is 56.9 Å². The lowest BCUT2D eigenvalue weighted by molar-refractivity contribution is 0.00578. The standard InChI is InChI=1S/C20H31BN2O3/c1-15(2)22-11-13-23(14-12-22)18(24)16-9-7-8-10-17(16)21-25-19(3,4)20(5,6)26-21/h7-10,15H,11-14H2,1-6H3. The van der Waals surface area contributed by atoms with Crippen molar-refractivity contribution < 1.29 is 14.1 Å². The molecule has 5 nitrogen and oxygen atoms in total. The Morgan fingerprint density at radius 2 is 1.54 bits per heavy atom. The minimum Gasteiger partial charge on any atom is -0.399 e. The van der Waals surface area contributed by atoms with Crippen molar-refractivity contribution in [3.63, 3.8) is 0 Å². The van der Waals surface area contributed by atoms with E-state index in [1.54, 1.807) is 0 Å². The zero-order chi connectivity index (χ0) is 19.1. The van der Waals surface area contributed by atoms with Gasteiger partial charge >= 0.3 is 7.12 Å². The van der Waals surface area contributed by atoms with Gasteiger partial charge in [-0.25, -0.2) is 0 Å². The molecule has 26 heavy (non-hydrogen) atoms. The van der Waals surface area contributed by atoms with Crippen LogP contribution < -0.4 is 5.46 Å². The summed E-state index contributed by atoms with van der Waals surface area (Å²) >= 11 is 0. The average Bonchev–Trinajstić information content (AvgIpc) is 2.82. The Kier molecular flexibility index (Phi) is 5.21. The topological polar surface area (TPSA) is 42.0 Å². The van der Waals surface area contributed by atoms with E-state index < -0.39 is 18.3 Å². The Hall–Kier alpha value is -1.37. The molecule has 1 amide bonds. The molecule has 2 fully saturated rings. The van der Waals surface area contributed by atoms with Crippen molar-refractivity contribution in [2.24, 2.45) is 0 Å². The number of rotatable bonds is 3. The zero-order valence-corrected chi connectivity index (χ0v) is 16.9. The molecule has 1 aromatic carbocycles. The second-order valence-corrected chi connectivity index (χ2v) is 8.60. The molecule has 0 bridgehead atoms. The van der Waals surface area contributed by atoms with E-state index in [-0.39, 0.29) is 5.91 Å². The largest absolute Gasteiger partial charge is 0.495 e. The molecule has 0 atom stereocenters. The highest BCUT2D eigenvalue weighted by Gasteiger charge is 2.52.